The van der Waals surface area contributed by atoms with Crippen LogP contribution < -0.4 is 5.73 Å². The van der Waals surface area contributed by atoms with Crippen molar-refractivity contribution in [1.82, 2.24) is 4.90 Å². The molecule has 1 saturated heterocycles. The summed E-state index contributed by atoms with van der Waals surface area (Å²) in [5, 5.41) is 1.92. The first kappa shape index (κ1) is 14.3. The first-order valence-electron chi connectivity index (χ1n) is 5.94. The number of nitrogens with two attached hydrogens (primary N) is 1. The second kappa shape index (κ2) is 5.49. The standard InChI is InChI=1S/C12H15BrN2OS.ClH/c13-11-3-8(6-17-11)12(16)15-4-7-1-2-10(14)9(7)5-15;/h3,6-7,9-10H,1-2,4-5,14H2;1H. The van der Waals surface area contributed by atoms with Crippen molar-refractivity contribution in [2.75, 3.05) is 13.1 Å². The Balaban J connectivity index is 0.00000120. The van der Waals surface area contributed by atoms with Gasteiger partial charge in [-0.05, 0) is 46.7 Å². The van der Waals surface area contributed by atoms with E-state index >= 15 is 0 Å². The first-order valence-corrected chi connectivity index (χ1v) is 7.61. The number of likely N-dealkylation sites (tertiary alicyclic amines) is 1. The van der Waals surface area contributed by atoms with Crippen LogP contribution >= 0.6 is 39.7 Å². The van der Waals surface area contributed by atoms with Crippen molar-refractivity contribution in [3.05, 3.63) is 20.8 Å². The van der Waals surface area contributed by atoms with Crippen LogP contribution in [0.1, 0.15) is 23.2 Å². The van der Waals surface area contributed by atoms with E-state index in [1.165, 1.54) is 6.42 Å². The minimum atomic E-state index is 0. The van der Waals surface area contributed by atoms with E-state index in [-0.39, 0.29) is 18.3 Å². The minimum Gasteiger partial charge on any atom is -0.338 e. The summed E-state index contributed by atoms with van der Waals surface area (Å²) in [6, 6.07) is 2.20. The minimum absolute atomic E-state index is 0. The van der Waals surface area contributed by atoms with E-state index < -0.39 is 0 Å². The Labute approximate surface area is 125 Å². The van der Waals surface area contributed by atoms with Crippen molar-refractivity contribution in [1.29, 1.82) is 0 Å². The molecule has 3 nitrogen and oxygen atoms in total. The fourth-order valence-corrected chi connectivity index (χ4v) is 4.21. The molecule has 1 aromatic rings. The number of hydrogen-bond acceptors (Lipinski definition) is 3. The Morgan fingerprint density at radius 1 is 1.44 bits per heavy atom. The molecule has 1 aliphatic heterocycles. The highest BCUT2D eigenvalue weighted by Crippen LogP contribution is 2.37. The van der Waals surface area contributed by atoms with Crippen LogP contribution in [0.5, 0.6) is 0 Å². The lowest BCUT2D eigenvalue weighted by molar-refractivity contribution is 0.0780. The number of carbonyl (C=O) groups excluding carboxylic acids is 1. The molecule has 0 bridgehead atoms. The molecule has 3 rings (SSSR count). The van der Waals surface area contributed by atoms with E-state index in [0.717, 1.165) is 28.9 Å². The molecule has 18 heavy (non-hydrogen) atoms. The highest BCUT2D eigenvalue weighted by atomic mass is 79.9. The molecule has 100 valence electrons. The van der Waals surface area contributed by atoms with Crippen molar-refractivity contribution < 1.29 is 4.79 Å². The Kier molecular flexibility index (Phi) is 4.36. The number of fused-ring (bicyclic) bond motifs is 1. The summed E-state index contributed by atoms with van der Waals surface area (Å²) in [5.74, 6) is 1.32. The van der Waals surface area contributed by atoms with Gasteiger partial charge in [-0.15, -0.1) is 23.7 Å². The fraction of sp³-hybridized carbons (Fsp3) is 0.583. The number of hydrogen-bond donors (Lipinski definition) is 1. The largest absolute Gasteiger partial charge is 0.338 e. The van der Waals surface area contributed by atoms with E-state index in [9.17, 15) is 4.79 Å². The summed E-state index contributed by atoms with van der Waals surface area (Å²) in [4.78, 5) is 14.2. The Hall–Kier alpha value is -0.100. The number of nitrogens with zero attached hydrogens (tertiary/aromatic N) is 1. The normalized spacial score (nSPS) is 30.1. The van der Waals surface area contributed by atoms with Gasteiger partial charge in [0.2, 0.25) is 0 Å². The molecule has 0 radical (unpaired) electrons. The molecule has 1 aliphatic carbocycles. The number of thiophene rings is 1. The smallest absolute Gasteiger partial charge is 0.254 e. The maximum absolute atomic E-state index is 12.3. The lowest BCUT2D eigenvalue weighted by Gasteiger charge is -2.18. The van der Waals surface area contributed by atoms with Gasteiger partial charge in [-0.1, -0.05) is 0 Å². The van der Waals surface area contributed by atoms with Gasteiger partial charge in [0.15, 0.2) is 0 Å². The summed E-state index contributed by atoms with van der Waals surface area (Å²) < 4.78 is 1.01. The van der Waals surface area contributed by atoms with Crippen LogP contribution in [-0.2, 0) is 0 Å². The van der Waals surface area contributed by atoms with Gasteiger partial charge in [0.25, 0.3) is 5.91 Å². The zero-order valence-electron chi connectivity index (χ0n) is 9.84. The molecule has 2 N–H and O–H groups in total. The summed E-state index contributed by atoms with van der Waals surface area (Å²) in [7, 11) is 0. The molecule has 0 aromatic carbocycles. The third-order valence-electron chi connectivity index (χ3n) is 4.01. The highest BCUT2D eigenvalue weighted by Gasteiger charge is 2.42. The van der Waals surface area contributed by atoms with Gasteiger partial charge in [-0.2, -0.15) is 0 Å². The average molecular weight is 352 g/mol. The lowest BCUT2D eigenvalue weighted by atomic mass is 9.98. The molecule has 2 heterocycles. The summed E-state index contributed by atoms with van der Waals surface area (Å²) in [6.45, 7) is 1.74. The first-order chi connectivity index (χ1) is 8.15. The van der Waals surface area contributed by atoms with E-state index in [4.69, 9.17) is 5.73 Å². The van der Waals surface area contributed by atoms with E-state index in [1.807, 2.05) is 16.3 Å². The van der Waals surface area contributed by atoms with Gasteiger partial charge < -0.3 is 10.6 Å². The molecule has 2 fully saturated rings. The monoisotopic (exact) mass is 350 g/mol. The summed E-state index contributed by atoms with van der Waals surface area (Å²) in [5.41, 5.74) is 6.88. The fourth-order valence-electron chi connectivity index (χ4n) is 3.08. The molecular weight excluding hydrogens is 336 g/mol. The Morgan fingerprint density at radius 3 is 2.83 bits per heavy atom. The number of carbonyl (C=O) groups is 1. The predicted octanol–water partition coefficient (Wildman–Crippen LogP) is 2.74. The molecule has 3 unspecified atom stereocenters. The van der Waals surface area contributed by atoms with Gasteiger partial charge in [0.1, 0.15) is 0 Å². The number of amides is 1. The maximum Gasteiger partial charge on any atom is 0.254 e. The molecule has 3 atom stereocenters. The number of rotatable bonds is 1. The van der Waals surface area contributed by atoms with Crippen LogP contribution in [-0.4, -0.2) is 29.9 Å². The second-order valence-electron chi connectivity index (χ2n) is 5.01. The second-order valence-corrected chi connectivity index (χ2v) is 7.31. The Morgan fingerprint density at radius 2 is 2.22 bits per heavy atom. The third-order valence-corrected chi connectivity index (χ3v) is 5.52. The van der Waals surface area contributed by atoms with Gasteiger partial charge in [-0.25, -0.2) is 0 Å². The van der Waals surface area contributed by atoms with Crippen LogP contribution in [0.4, 0.5) is 0 Å². The molecule has 1 saturated carbocycles. The summed E-state index contributed by atoms with van der Waals surface area (Å²) in [6.07, 6.45) is 2.31. The molecular formula is C12H16BrClN2OS. The number of halogens is 2. The topological polar surface area (TPSA) is 46.3 Å². The van der Waals surface area contributed by atoms with Gasteiger partial charge >= 0.3 is 0 Å². The zero-order chi connectivity index (χ0) is 12.0. The zero-order valence-corrected chi connectivity index (χ0v) is 13.1. The SMILES string of the molecule is Cl.NC1CCC2CN(C(=O)c3csc(Br)c3)CC12. The molecule has 0 spiro atoms. The average Bonchev–Trinajstić information content (AvgIpc) is 2.96. The van der Waals surface area contributed by atoms with Crippen LogP contribution in [0, 0.1) is 11.8 Å². The van der Waals surface area contributed by atoms with E-state index in [1.54, 1.807) is 11.3 Å². The van der Waals surface area contributed by atoms with Crippen molar-refractivity contribution >= 4 is 45.6 Å². The molecule has 1 amide bonds. The molecule has 6 heteroatoms. The molecule has 2 aliphatic rings. The quantitative estimate of drug-likeness (QED) is 0.845. The van der Waals surface area contributed by atoms with Crippen LogP contribution in [0.25, 0.3) is 0 Å². The molecule has 1 aromatic heterocycles. The van der Waals surface area contributed by atoms with Crippen LogP contribution in [0.3, 0.4) is 0 Å². The summed E-state index contributed by atoms with van der Waals surface area (Å²) >= 11 is 4.95. The Bertz CT molecular complexity index is 453. The van der Waals surface area contributed by atoms with E-state index in [0.29, 0.717) is 17.9 Å². The van der Waals surface area contributed by atoms with Crippen LogP contribution in [0.2, 0.25) is 0 Å². The predicted molar refractivity (Wildman–Crippen MR) is 79.4 cm³/mol. The van der Waals surface area contributed by atoms with Crippen molar-refractivity contribution in [2.45, 2.75) is 18.9 Å². The van der Waals surface area contributed by atoms with Gasteiger partial charge in [0.05, 0.1) is 9.35 Å². The highest BCUT2D eigenvalue weighted by molar-refractivity contribution is 9.11. The maximum atomic E-state index is 12.3. The van der Waals surface area contributed by atoms with Gasteiger partial charge in [-0.3, -0.25) is 4.79 Å². The van der Waals surface area contributed by atoms with Gasteiger partial charge in [0, 0.05) is 24.5 Å². The lowest BCUT2D eigenvalue weighted by Crippen LogP contribution is -2.33. The van der Waals surface area contributed by atoms with Crippen molar-refractivity contribution in [3.63, 3.8) is 0 Å². The van der Waals surface area contributed by atoms with Crippen LogP contribution in [0.15, 0.2) is 15.2 Å². The van der Waals surface area contributed by atoms with Crippen molar-refractivity contribution in [2.24, 2.45) is 17.6 Å². The van der Waals surface area contributed by atoms with E-state index in [2.05, 4.69) is 15.9 Å². The third kappa shape index (κ3) is 2.46. The van der Waals surface area contributed by atoms with Crippen molar-refractivity contribution in [3.8, 4) is 0 Å².